The van der Waals surface area contributed by atoms with E-state index >= 15 is 0 Å². The molecule has 0 saturated carbocycles. The van der Waals surface area contributed by atoms with Gasteiger partial charge in [-0.25, -0.2) is 10.2 Å². The van der Waals surface area contributed by atoms with Crippen molar-refractivity contribution in [3.05, 3.63) is 88.7 Å². The molecule has 4 rings (SSSR count). The number of nitrogens with zero attached hydrogens (tertiary/aromatic N) is 5. The number of nitrogens with one attached hydrogen (secondary N) is 1. The Morgan fingerprint density at radius 1 is 1.06 bits per heavy atom. The molecule has 4 aromatic rings. The van der Waals surface area contributed by atoms with Crippen LogP contribution in [0.5, 0.6) is 0 Å². The Balaban J connectivity index is 1.50. The van der Waals surface area contributed by atoms with Crippen LogP contribution in [0.1, 0.15) is 15.9 Å². The highest BCUT2D eigenvalue weighted by atomic mass is 79.9. The lowest BCUT2D eigenvalue weighted by Crippen LogP contribution is -2.20. The number of carbonyl (C=O) groups excluding carboxylic acids is 1. The van der Waals surface area contributed by atoms with Crippen molar-refractivity contribution in [2.75, 3.05) is 5.75 Å². The SMILES string of the molecule is O=C(CSc1nnc(-c2ccncc2)n1-c1ccc(Br)cc1)N/N=C/c1ccccc1C(=O)O. The molecule has 0 spiro atoms. The van der Waals surface area contributed by atoms with Gasteiger partial charge in [-0.1, -0.05) is 45.9 Å². The van der Waals surface area contributed by atoms with Gasteiger partial charge < -0.3 is 5.11 Å². The molecule has 2 aromatic carbocycles. The minimum absolute atomic E-state index is 0.0307. The summed E-state index contributed by atoms with van der Waals surface area (Å²) in [5, 5.41) is 22.3. The third-order valence-corrected chi connectivity index (χ3v) is 6.03. The molecule has 0 aliphatic rings. The zero-order valence-electron chi connectivity index (χ0n) is 17.5. The summed E-state index contributed by atoms with van der Waals surface area (Å²) in [7, 11) is 0. The molecule has 170 valence electrons. The Kier molecular flexibility index (Phi) is 7.45. The van der Waals surface area contributed by atoms with E-state index in [0.717, 1.165) is 15.7 Å². The molecule has 2 N–H and O–H groups in total. The van der Waals surface area contributed by atoms with Gasteiger partial charge >= 0.3 is 5.97 Å². The van der Waals surface area contributed by atoms with Crippen LogP contribution in [0.2, 0.25) is 0 Å². The fourth-order valence-electron chi connectivity index (χ4n) is 3.01. The van der Waals surface area contributed by atoms with Crippen molar-refractivity contribution in [3.63, 3.8) is 0 Å². The topological polar surface area (TPSA) is 122 Å². The first-order valence-electron chi connectivity index (χ1n) is 9.91. The highest BCUT2D eigenvalue weighted by molar-refractivity contribution is 9.10. The van der Waals surface area contributed by atoms with Gasteiger partial charge in [-0.3, -0.25) is 14.3 Å². The molecule has 0 aliphatic carbocycles. The maximum absolute atomic E-state index is 12.4. The van der Waals surface area contributed by atoms with E-state index in [2.05, 4.69) is 41.6 Å². The molecule has 0 aliphatic heterocycles. The van der Waals surface area contributed by atoms with Crippen molar-refractivity contribution in [2.45, 2.75) is 5.16 Å². The number of carbonyl (C=O) groups is 2. The second-order valence-electron chi connectivity index (χ2n) is 6.83. The Hall–Kier alpha value is -3.83. The zero-order valence-corrected chi connectivity index (χ0v) is 19.9. The molecule has 0 bridgehead atoms. The van der Waals surface area contributed by atoms with E-state index in [9.17, 15) is 14.7 Å². The fraction of sp³-hybridized carbons (Fsp3) is 0.0435. The summed E-state index contributed by atoms with van der Waals surface area (Å²) in [5.41, 5.74) is 4.58. The second-order valence-corrected chi connectivity index (χ2v) is 8.69. The summed E-state index contributed by atoms with van der Waals surface area (Å²) in [5.74, 6) is -0.787. The Morgan fingerprint density at radius 2 is 1.79 bits per heavy atom. The van der Waals surface area contributed by atoms with Gasteiger partial charge in [-0.2, -0.15) is 5.10 Å². The van der Waals surface area contributed by atoms with Crippen molar-refractivity contribution < 1.29 is 14.7 Å². The molecule has 0 radical (unpaired) electrons. The number of aromatic nitrogens is 4. The van der Waals surface area contributed by atoms with Gasteiger partial charge in [0.15, 0.2) is 11.0 Å². The summed E-state index contributed by atoms with van der Waals surface area (Å²) >= 11 is 4.65. The highest BCUT2D eigenvalue weighted by Gasteiger charge is 2.17. The number of hydrogen-bond acceptors (Lipinski definition) is 7. The van der Waals surface area contributed by atoms with E-state index < -0.39 is 5.97 Å². The van der Waals surface area contributed by atoms with Gasteiger partial charge in [0.1, 0.15) is 0 Å². The summed E-state index contributed by atoms with van der Waals surface area (Å²) < 4.78 is 2.80. The van der Waals surface area contributed by atoms with Gasteiger partial charge in [0.2, 0.25) is 0 Å². The van der Waals surface area contributed by atoms with Crippen molar-refractivity contribution in [2.24, 2.45) is 5.10 Å². The van der Waals surface area contributed by atoms with Crippen LogP contribution >= 0.6 is 27.7 Å². The zero-order chi connectivity index (χ0) is 23.9. The number of amides is 1. The predicted molar refractivity (Wildman–Crippen MR) is 132 cm³/mol. The summed E-state index contributed by atoms with van der Waals surface area (Å²) in [6.45, 7) is 0. The number of carboxylic acids is 1. The quantitative estimate of drug-likeness (QED) is 0.198. The highest BCUT2D eigenvalue weighted by Crippen LogP contribution is 2.28. The van der Waals surface area contributed by atoms with Gasteiger partial charge in [0.05, 0.1) is 17.5 Å². The largest absolute Gasteiger partial charge is 0.478 e. The first kappa shape index (κ1) is 23.3. The first-order valence-corrected chi connectivity index (χ1v) is 11.7. The molecule has 11 heteroatoms. The lowest BCUT2D eigenvalue weighted by atomic mass is 10.1. The third-order valence-electron chi connectivity index (χ3n) is 4.57. The maximum atomic E-state index is 12.4. The van der Waals surface area contributed by atoms with Crippen LogP contribution in [-0.2, 0) is 4.79 Å². The monoisotopic (exact) mass is 536 g/mol. The van der Waals surface area contributed by atoms with Crippen LogP contribution in [-0.4, -0.2) is 48.7 Å². The summed E-state index contributed by atoms with van der Waals surface area (Å²) in [6, 6.07) is 17.7. The van der Waals surface area contributed by atoms with Gasteiger partial charge in [0.25, 0.3) is 5.91 Å². The number of benzene rings is 2. The smallest absolute Gasteiger partial charge is 0.336 e. The van der Waals surface area contributed by atoms with E-state index in [1.54, 1.807) is 30.6 Å². The number of halogens is 1. The molecule has 2 heterocycles. The molecule has 0 saturated heterocycles. The second kappa shape index (κ2) is 10.9. The Morgan fingerprint density at radius 3 is 2.53 bits per heavy atom. The molecular formula is C23H17BrN6O3S. The fourth-order valence-corrected chi connectivity index (χ4v) is 4.02. The maximum Gasteiger partial charge on any atom is 0.336 e. The number of pyridine rings is 1. The lowest BCUT2D eigenvalue weighted by Gasteiger charge is -2.10. The number of hydrogen-bond donors (Lipinski definition) is 2. The number of carboxylic acid groups (broad SMARTS) is 1. The molecule has 0 unspecified atom stereocenters. The number of aromatic carboxylic acids is 1. The van der Waals surface area contributed by atoms with Crippen LogP contribution < -0.4 is 5.43 Å². The van der Waals surface area contributed by atoms with E-state index in [1.807, 2.05) is 41.0 Å². The molecule has 9 nitrogen and oxygen atoms in total. The minimum Gasteiger partial charge on any atom is -0.478 e. The Bertz CT molecular complexity index is 1340. The van der Waals surface area contributed by atoms with E-state index in [4.69, 9.17) is 0 Å². The van der Waals surface area contributed by atoms with Crippen LogP contribution in [0.25, 0.3) is 17.1 Å². The van der Waals surface area contributed by atoms with Crippen molar-refractivity contribution in [3.8, 4) is 17.1 Å². The summed E-state index contributed by atoms with van der Waals surface area (Å²) in [6.07, 6.45) is 4.66. The van der Waals surface area contributed by atoms with Crippen LogP contribution in [0.4, 0.5) is 0 Å². The van der Waals surface area contributed by atoms with Crippen LogP contribution in [0, 0.1) is 0 Å². The molecule has 2 aromatic heterocycles. The average Bonchev–Trinajstić information content (AvgIpc) is 3.28. The van der Waals surface area contributed by atoms with E-state index in [1.165, 1.54) is 24.0 Å². The molecule has 0 fully saturated rings. The van der Waals surface area contributed by atoms with E-state index in [0.29, 0.717) is 16.5 Å². The molecule has 34 heavy (non-hydrogen) atoms. The third kappa shape index (κ3) is 5.56. The normalized spacial score (nSPS) is 11.0. The number of thioether (sulfide) groups is 1. The predicted octanol–water partition coefficient (Wildman–Crippen LogP) is 4.03. The molecule has 0 atom stereocenters. The van der Waals surface area contributed by atoms with Gasteiger partial charge in [0, 0.05) is 33.7 Å². The van der Waals surface area contributed by atoms with Gasteiger partial charge in [-0.15, -0.1) is 10.2 Å². The average molecular weight is 537 g/mol. The van der Waals surface area contributed by atoms with Gasteiger partial charge in [-0.05, 0) is 42.5 Å². The molecule has 1 amide bonds. The molecular weight excluding hydrogens is 520 g/mol. The van der Waals surface area contributed by atoms with Crippen LogP contribution in [0.15, 0.2) is 87.8 Å². The van der Waals surface area contributed by atoms with Crippen molar-refractivity contribution in [1.29, 1.82) is 0 Å². The van der Waals surface area contributed by atoms with E-state index in [-0.39, 0.29) is 17.2 Å². The summed E-state index contributed by atoms with van der Waals surface area (Å²) in [4.78, 5) is 27.7. The van der Waals surface area contributed by atoms with Crippen LogP contribution in [0.3, 0.4) is 0 Å². The first-order chi connectivity index (χ1) is 16.5. The van der Waals surface area contributed by atoms with Crippen molar-refractivity contribution >= 4 is 45.8 Å². The Labute approximate surface area is 207 Å². The number of hydrazone groups is 1. The standard InChI is InChI=1S/C23H17BrN6O3S/c24-17-5-7-18(8-6-17)30-21(15-9-11-25-12-10-15)28-29-23(30)34-14-20(31)27-26-13-16-3-1-2-4-19(16)22(32)33/h1-13H,14H2,(H,27,31)(H,32,33)/b26-13+. The number of rotatable bonds is 8. The minimum atomic E-state index is -1.07. The lowest BCUT2D eigenvalue weighted by molar-refractivity contribution is -0.118. The van der Waals surface area contributed by atoms with Crippen molar-refractivity contribution in [1.82, 2.24) is 25.2 Å².